The summed E-state index contributed by atoms with van der Waals surface area (Å²) in [6, 6.07) is 26.7. The SMILES string of the molecule is COc1ccc(CN(Cc2ccc(OC)cc2)c2cc3ccccc3c(C3=CC(=O)CCC3)n2)cc1. The molecule has 5 heteroatoms. The topological polar surface area (TPSA) is 51.7 Å². The van der Waals surface area contributed by atoms with Crippen LogP contribution in [-0.2, 0) is 17.9 Å². The third-order valence-electron chi connectivity index (χ3n) is 6.62. The van der Waals surface area contributed by atoms with E-state index in [9.17, 15) is 4.79 Å². The lowest BCUT2D eigenvalue weighted by Crippen LogP contribution is -2.23. The largest absolute Gasteiger partial charge is 0.497 e. The Labute approximate surface area is 212 Å². The minimum absolute atomic E-state index is 0.181. The molecule has 0 bridgehead atoms. The fourth-order valence-electron chi connectivity index (χ4n) is 4.69. The van der Waals surface area contributed by atoms with E-state index >= 15 is 0 Å². The van der Waals surface area contributed by atoms with Crippen molar-refractivity contribution in [2.45, 2.75) is 32.4 Å². The number of carbonyl (C=O) groups excluding carboxylic acids is 1. The first kappa shape index (κ1) is 23.6. The number of ketones is 1. The highest BCUT2D eigenvalue weighted by atomic mass is 16.5. The highest BCUT2D eigenvalue weighted by molar-refractivity contribution is 6.02. The molecule has 0 fully saturated rings. The van der Waals surface area contributed by atoms with Gasteiger partial charge in [-0.25, -0.2) is 4.98 Å². The van der Waals surface area contributed by atoms with E-state index in [1.54, 1.807) is 20.3 Å². The van der Waals surface area contributed by atoms with Crippen LogP contribution in [0.4, 0.5) is 5.82 Å². The van der Waals surface area contributed by atoms with E-state index in [2.05, 4.69) is 47.4 Å². The van der Waals surface area contributed by atoms with Crippen LogP contribution in [0.5, 0.6) is 11.5 Å². The number of methoxy groups -OCH3 is 2. The number of allylic oxidation sites excluding steroid dienone is 2. The van der Waals surface area contributed by atoms with E-state index in [0.29, 0.717) is 19.5 Å². The highest BCUT2D eigenvalue weighted by Gasteiger charge is 2.19. The number of pyridine rings is 1. The van der Waals surface area contributed by atoms with Crippen molar-refractivity contribution < 1.29 is 14.3 Å². The standard InChI is InChI=1S/C31H30N2O3/c1-35-27-14-10-22(11-15-27)20-33(21-23-12-16-28(36-2)17-13-23)30-19-24-6-3-4-9-29(24)31(32-30)25-7-5-8-26(34)18-25/h3-4,6,9-19H,5,7-8,20-21H2,1-2H3. The van der Waals surface area contributed by atoms with E-state index in [-0.39, 0.29) is 5.78 Å². The number of aromatic nitrogens is 1. The Bertz CT molecular complexity index is 1340. The number of ether oxygens (including phenoxy) is 2. The number of nitrogens with zero attached hydrogens (tertiary/aromatic N) is 2. The molecule has 0 spiro atoms. The smallest absolute Gasteiger partial charge is 0.156 e. The van der Waals surface area contributed by atoms with Crippen molar-refractivity contribution in [1.82, 2.24) is 4.98 Å². The molecular weight excluding hydrogens is 448 g/mol. The number of benzene rings is 3. The number of hydrogen-bond acceptors (Lipinski definition) is 5. The summed E-state index contributed by atoms with van der Waals surface area (Å²) in [5.41, 5.74) is 4.25. The summed E-state index contributed by atoms with van der Waals surface area (Å²) in [7, 11) is 3.35. The third-order valence-corrected chi connectivity index (χ3v) is 6.62. The second-order valence-corrected chi connectivity index (χ2v) is 9.09. The van der Waals surface area contributed by atoms with Gasteiger partial charge in [-0.3, -0.25) is 4.79 Å². The van der Waals surface area contributed by atoms with Crippen LogP contribution >= 0.6 is 0 Å². The summed E-state index contributed by atoms with van der Waals surface area (Å²) in [5.74, 6) is 2.73. The predicted octanol–water partition coefficient (Wildman–Crippen LogP) is 6.60. The number of fused-ring (bicyclic) bond motifs is 1. The first-order valence-corrected chi connectivity index (χ1v) is 12.3. The number of carbonyl (C=O) groups is 1. The fraction of sp³-hybridized carbons (Fsp3) is 0.226. The molecular formula is C31H30N2O3. The summed E-state index contributed by atoms with van der Waals surface area (Å²) >= 11 is 0. The van der Waals surface area contributed by atoms with Crippen molar-refractivity contribution in [3.63, 3.8) is 0 Å². The first-order chi connectivity index (χ1) is 17.6. The summed E-state index contributed by atoms with van der Waals surface area (Å²) in [5, 5.41) is 2.20. The Morgan fingerprint density at radius 1 is 0.806 bits per heavy atom. The van der Waals surface area contributed by atoms with Gasteiger partial charge in [0.25, 0.3) is 0 Å². The Balaban J connectivity index is 1.58. The molecule has 0 unspecified atom stereocenters. The van der Waals surface area contributed by atoms with E-state index in [0.717, 1.165) is 63.3 Å². The summed E-state index contributed by atoms with van der Waals surface area (Å²) in [6.45, 7) is 1.36. The minimum atomic E-state index is 0.181. The highest BCUT2D eigenvalue weighted by Crippen LogP contribution is 2.33. The molecule has 36 heavy (non-hydrogen) atoms. The average Bonchev–Trinajstić information content (AvgIpc) is 2.93. The number of rotatable bonds is 8. The lowest BCUT2D eigenvalue weighted by atomic mass is 9.93. The lowest BCUT2D eigenvalue weighted by Gasteiger charge is -2.26. The average molecular weight is 479 g/mol. The van der Waals surface area contributed by atoms with Gasteiger partial charge in [0.2, 0.25) is 0 Å². The Morgan fingerprint density at radius 2 is 1.42 bits per heavy atom. The zero-order valence-corrected chi connectivity index (χ0v) is 20.7. The van der Waals surface area contributed by atoms with Crippen LogP contribution in [0.1, 0.15) is 36.1 Å². The number of hydrogen-bond donors (Lipinski definition) is 0. The second-order valence-electron chi connectivity index (χ2n) is 9.09. The zero-order valence-electron chi connectivity index (χ0n) is 20.7. The molecule has 182 valence electrons. The predicted molar refractivity (Wildman–Crippen MR) is 144 cm³/mol. The van der Waals surface area contributed by atoms with E-state index in [1.165, 1.54) is 0 Å². The molecule has 0 saturated heterocycles. The molecule has 1 aromatic heterocycles. The Kier molecular flexibility index (Phi) is 6.99. The van der Waals surface area contributed by atoms with E-state index in [4.69, 9.17) is 14.5 Å². The molecule has 0 atom stereocenters. The monoisotopic (exact) mass is 478 g/mol. The van der Waals surface area contributed by atoms with Gasteiger partial charge in [0.15, 0.2) is 5.78 Å². The van der Waals surface area contributed by atoms with Gasteiger partial charge in [-0.15, -0.1) is 0 Å². The van der Waals surface area contributed by atoms with Crippen LogP contribution < -0.4 is 14.4 Å². The molecule has 4 aromatic rings. The van der Waals surface area contributed by atoms with Gasteiger partial charge in [-0.1, -0.05) is 48.5 Å². The van der Waals surface area contributed by atoms with Crippen LogP contribution in [-0.4, -0.2) is 25.0 Å². The molecule has 3 aromatic carbocycles. The molecule has 1 aliphatic rings. The van der Waals surface area contributed by atoms with Crippen molar-refractivity contribution in [2.75, 3.05) is 19.1 Å². The maximum Gasteiger partial charge on any atom is 0.156 e. The van der Waals surface area contributed by atoms with Gasteiger partial charge in [0, 0.05) is 24.9 Å². The third kappa shape index (κ3) is 5.25. The molecule has 0 N–H and O–H groups in total. The van der Waals surface area contributed by atoms with Crippen LogP contribution in [0.2, 0.25) is 0 Å². The first-order valence-electron chi connectivity index (χ1n) is 12.3. The Hall–Kier alpha value is -4.12. The van der Waals surface area contributed by atoms with Crippen molar-refractivity contribution >= 4 is 27.9 Å². The van der Waals surface area contributed by atoms with Gasteiger partial charge in [-0.2, -0.15) is 0 Å². The lowest BCUT2D eigenvalue weighted by molar-refractivity contribution is -0.114. The van der Waals surface area contributed by atoms with E-state index < -0.39 is 0 Å². The fourth-order valence-corrected chi connectivity index (χ4v) is 4.69. The van der Waals surface area contributed by atoms with Crippen LogP contribution in [0.25, 0.3) is 16.3 Å². The molecule has 1 heterocycles. The normalized spacial score (nSPS) is 13.4. The molecule has 0 radical (unpaired) electrons. The molecule has 5 nitrogen and oxygen atoms in total. The van der Waals surface area contributed by atoms with Gasteiger partial charge >= 0.3 is 0 Å². The van der Waals surface area contributed by atoms with Crippen LogP contribution in [0, 0.1) is 0 Å². The van der Waals surface area contributed by atoms with Crippen LogP contribution in [0.3, 0.4) is 0 Å². The van der Waals surface area contributed by atoms with Gasteiger partial charge in [0.1, 0.15) is 17.3 Å². The summed E-state index contributed by atoms with van der Waals surface area (Å²) < 4.78 is 10.7. The molecule has 5 rings (SSSR count). The minimum Gasteiger partial charge on any atom is -0.497 e. The molecule has 0 amide bonds. The molecule has 0 saturated carbocycles. The molecule has 0 aliphatic heterocycles. The zero-order chi connectivity index (χ0) is 24.9. The summed E-state index contributed by atoms with van der Waals surface area (Å²) in [6.07, 6.45) is 4.14. The maximum atomic E-state index is 12.3. The summed E-state index contributed by atoms with van der Waals surface area (Å²) in [4.78, 5) is 19.7. The number of anilines is 1. The van der Waals surface area contributed by atoms with Crippen molar-refractivity contribution in [3.8, 4) is 11.5 Å². The van der Waals surface area contributed by atoms with E-state index in [1.807, 2.05) is 36.4 Å². The molecule has 1 aliphatic carbocycles. The van der Waals surface area contributed by atoms with Gasteiger partial charge in [-0.05, 0) is 71.3 Å². The van der Waals surface area contributed by atoms with Crippen molar-refractivity contribution in [2.24, 2.45) is 0 Å². The maximum absolute atomic E-state index is 12.3. The van der Waals surface area contributed by atoms with Gasteiger partial charge in [0.05, 0.1) is 19.9 Å². The van der Waals surface area contributed by atoms with Crippen LogP contribution in [0.15, 0.2) is 84.9 Å². The van der Waals surface area contributed by atoms with Crippen molar-refractivity contribution in [3.05, 3.63) is 102 Å². The van der Waals surface area contributed by atoms with Crippen molar-refractivity contribution in [1.29, 1.82) is 0 Å². The Morgan fingerprint density at radius 3 is 2.00 bits per heavy atom. The van der Waals surface area contributed by atoms with Gasteiger partial charge < -0.3 is 14.4 Å². The second kappa shape index (κ2) is 10.6. The quantitative estimate of drug-likeness (QED) is 0.286.